The molecule has 0 heterocycles. The fourth-order valence-electron chi connectivity index (χ4n) is 1.63. The van der Waals surface area contributed by atoms with Gasteiger partial charge in [0, 0.05) is 11.4 Å². The van der Waals surface area contributed by atoms with Crippen molar-refractivity contribution in [2.75, 3.05) is 6.54 Å². The highest BCUT2D eigenvalue weighted by atomic mass is 35.5. The average Bonchev–Trinajstić information content (AvgIpc) is 2.36. The summed E-state index contributed by atoms with van der Waals surface area (Å²) in [5.41, 5.74) is 6.31. The van der Waals surface area contributed by atoms with Gasteiger partial charge < -0.3 is 10.5 Å². The normalized spacial score (nSPS) is 10.3. The van der Waals surface area contributed by atoms with E-state index in [2.05, 4.69) is 0 Å². The molecule has 0 spiro atoms. The summed E-state index contributed by atoms with van der Waals surface area (Å²) in [7, 11) is 0. The average molecular weight is 270 g/mol. The fraction of sp³-hybridized carbons (Fsp3) is 0.500. The number of hydrogen-bond acceptors (Lipinski definition) is 3. The number of carbonyl (C=O) groups excluding carboxylic acids is 1. The fourth-order valence-corrected chi connectivity index (χ4v) is 1.84. The molecule has 1 aromatic rings. The lowest BCUT2D eigenvalue weighted by Crippen LogP contribution is -2.04. The van der Waals surface area contributed by atoms with Crippen molar-refractivity contribution < 1.29 is 9.53 Å². The van der Waals surface area contributed by atoms with Gasteiger partial charge in [0.15, 0.2) is 0 Å². The van der Waals surface area contributed by atoms with Gasteiger partial charge in [0.1, 0.15) is 6.61 Å². The summed E-state index contributed by atoms with van der Waals surface area (Å²) >= 11 is 5.84. The molecule has 0 atom stereocenters. The first-order valence-corrected chi connectivity index (χ1v) is 6.70. The second kappa shape index (κ2) is 8.95. The summed E-state index contributed by atoms with van der Waals surface area (Å²) in [4.78, 5) is 11.5. The molecule has 0 aliphatic rings. The molecular formula is C14H20ClNO2. The lowest BCUT2D eigenvalue weighted by atomic mass is 10.1. The first kappa shape index (κ1) is 15.0. The Morgan fingerprint density at radius 3 is 2.72 bits per heavy atom. The molecule has 18 heavy (non-hydrogen) atoms. The molecule has 0 fully saturated rings. The summed E-state index contributed by atoms with van der Waals surface area (Å²) in [6.45, 7) is 1.02. The van der Waals surface area contributed by atoms with Crippen LogP contribution in [0.2, 0.25) is 5.02 Å². The number of nitrogens with two attached hydrogens (primary N) is 1. The molecule has 0 unspecified atom stereocenters. The van der Waals surface area contributed by atoms with Crippen LogP contribution >= 0.6 is 11.6 Å². The highest BCUT2D eigenvalue weighted by Gasteiger charge is 2.03. The van der Waals surface area contributed by atoms with Crippen LogP contribution in [0.25, 0.3) is 0 Å². The smallest absolute Gasteiger partial charge is 0.306 e. The van der Waals surface area contributed by atoms with Crippen LogP contribution in [-0.2, 0) is 16.1 Å². The van der Waals surface area contributed by atoms with Crippen LogP contribution in [0.3, 0.4) is 0 Å². The van der Waals surface area contributed by atoms with Crippen LogP contribution in [0.15, 0.2) is 24.3 Å². The number of benzene rings is 1. The number of esters is 1. The van der Waals surface area contributed by atoms with Gasteiger partial charge in [-0.05, 0) is 37.1 Å². The Morgan fingerprint density at radius 2 is 2.00 bits per heavy atom. The van der Waals surface area contributed by atoms with Crippen molar-refractivity contribution in [1.82, 2.24) is 0 Å². The van der Waals surface area contributed by atoms with E-state index >= 15 is 0 Å². The van der Waals surface area contributed by atoms with E-state index in [0.29, 0.717) is 18.1 Å². The third-order valence-corrected chi connectivity index (χ3v) is 2.86. The number of rotatable bonds is 8. The minimum Gasteiger partial charge on any atom is -0.461 e. The quantitative estimate of drug-likeness (QED) is 0.582. The Kier molecular flexibility index (Phi) is 7.46. The minimum atomic E-state index is -0.150. The Balaban J connectivity index is 2.13. The van der Waals surface area contributed by atoms with Gasteiger partial charge in [0.2, 0.25) is 0 Å². The first-order valence-electron chi connectivity index (χ1n) is 6.32. The van der Waals surface area contributed by atoms with Crippen molar-refractivity contribution in [2.24, 2.45) is 5.73 Å². The molecule has 0 radical (unpaired) electrons. The van der Waals surface area contributed by atoms with Gasteiger partial charge in [-0.25, -0.2) is 0 Å². The molecule has 1 rings (SSSR count). The zero-order valence-corrected chi connectivity index (χ0v) is 11.3. The lowest BCUT2D eigenvalue weighted by Gasteiger charge is -2.05. The van der Waals surface area contributed by atoms with E-state index in [9.17, 15) is 4.79 Å². The Hall–Kier alpha value is -1.06. The molecule has 0 saturated carbocycles. The molecule has 3 nitrogen and oxygen atoms in total. The van der Waals surface area contributed by atoms with E-state index in [-0.39, 0.29) is 5.97 Å². The molecular weight excluding hydrogens is 250 g/mol. The van der Waals surface area contributed by atoms with E-state index < -0.39 is 0 Å². The summed E-state index contributed by atoms with van der Waals surface area (Å²) in [6, 6.07) is 7.33. The van der Waals surface area contributed by atoms with Gasteiger partial charge >= 0.3 is 5.97 Å². The van der Waals surface area contributed by atoms with Crippen molar-refractivity contribution >= 4 is 17.6 Å². The minimum absolute atomic E-state index is 0.150. The highest BCUT2D eigenvalue weighted by Crippen LogP contribution is 2.12. The topological polar surface area (TPSA) is 52.3 Å². The Bertz CT molecular complexity index is 369. The van der Waals surface area contributed by atoms with Crippen LogP contribution in [-0.4, -0.2) is 12.5 Å². The summed E-state index contributed by atoms with van der Waals surface area (Å²) in [5, 5.41) is 0.658. The maximum Gasteiger partial charge on any atom is 0.306 e. The van der Waals surface area contributed by atoms with Crippen molar-refractivity contribution in [3.05, 3.63) is 34.9 Å². The van der Waals surface area contributed by atoms with Gasteiger partial charge in [-0.2, -0.15) is 0 Å². The van der Waals surface area contributed by atoms with E-state index in [1.165, 1.54) is 0 Å². The zero-order chi connectivity index (χ0) is 13.2. The van der Waals surface area contributed by atoms with Crippen molar-refractivity contribution in [2.45, 2.75) is 38.7 Å². The number of carbonyl (C=O) groups is 1. The number of hydrogen-bond donors (Lipinski definition) is 1. The molecule has 0 aromatic heterocycles. The Labute approximate surface area is 113 Å². The van der Waals surface area contributed by atoms with Gasteiger partial charge in [-0.3, -0.25) is 4.79 Å². The van der Waals surface area contributed by atoms with Crippen LogP contribution in [0, 0.1) is 0 Å². The Morgan fingerprint density at radius 1 is 1.22 bits per heavy atom. The monoisotopic (exact) mass is 269 g/mol. The van der Waals surface area contributed by atoms with Crippen molar-refractivity contribution in [3.8, 4) is 0 Å². The largest absolute Gasteiger partial charge is 0.461 e. The van der Waals surface area contributed by atoms with Crippen LogP contribution in [0.4, 0.5) is 0 Å². The molecule has 2 N–H and O–H groups in total. The number of unbranched alkanes of at least 4 members (excludes halogenated alkanes) is 3. The van der Waals surface area contributed by atoms with E-state index in [0.717, 1.165) is 37.8 Å². The molecule has 0 amide bonds. The molecule has 1 aromatic carbocycles. The maximum atomic E-state index is 11.5. The number of halogens is 1. The standard InChI is InChI=1S/C14H20ClNO2/c15-13-7-5-6-12(10-13)11-18-14(17)8-3-1-2-4-9-16/h5-7,10H,1-4,8-9,11,16H2. The molecule has 0 aliphatic heterocycles. The summed E-state index contributed by atoms with van der Waals surface area (Å²) in [6.07, 6.45) is 4.48. The summed E-state index contributed by atoms with van der Waals surface area (Å²) in [5.74, 6) is -0.150. The molecule has 0 saturated heterocycles. The molecule has 100 valence electrons. The van der Waals surface area contributed by atoms with E-state index in [4.69, 9.17) is 22.1 Å². The number of ether oxygens (including phenoxy) is 1. The van der Waals surface area contributed by atoms with E-state index in [1.54, 1.807) is 12.1 Å². The molecule has 4 heteroatoms. The van der Waals surface area contributed by atoms with Crippen LogP contribution in [0.1, 0.15) is 37.7 Å². The van der Waals surface area contributed by atoms with Crippen LogP contribution in [0.5, 0.6) is 0 Å². The maximum absolute atomic E-state index is 11.5. The molecule has 0 aliphatic carbocycles. The van der Waals surface area contributed by atoms with Crippen molar-refractivity contribution in [1.29, 1.82) is 0 Å². The second-order valence-corrected chi connectivity index (χ2v) is 4.68. The van der Waals surface area contributed by atoms with E-state index in [1.807, 2.05) is 12.1 Å². The first-order chi connectivity index (χ1) is 8.72. The van der Waals surface area contributed by atoms with Gasteiger partial charge in [0.05, 0.1) is 0 Å². The van der Waals surface area contributed by atoms with Gasteiger partial charge in [0.25, 0.3) is 0 Å². The zero-order valence-electron chi connectivity index (χ0n) is 10.5. The van der Waals surface area contributed by atoms with Crippen LogP contribution < -0.4 is 5.73 Å². The SMILES string of the molecule is NCCCCCCC(=O)OCc1cccc(Cl)c1. The predicted octanol–water partition coefficient (Wildman–Crippen LogP) is 3.29. The highest BCUT2D eigenvalue weighted by molar-refractivity contribution is 6.30. The van der Waals surface area contributed by atoms with Crippen molar-refractivity contribution in [3.63, 3.8) is 0 Å². The third-order valence-electron chi connectivity index (χ3n) is 2.62. The van der Waals surface area contributed by atoms with Gasteiger partial charge in [-0.1, -0.05) is 36.6 Å². The third kappa shape index (κ3) is 6.62. The summed E-state index contributed by atoms with van der Waals surface area (Å²) < 4.78 is 5.17. The predicted molar refractivity (Wildman–Crippen MR) is 73.4 cm³/mol. The lowest BCUT2D eigenvalue weighted by molar-refractivity contribution is -0.145. The van der Waals surface area contributed by atoms with Gasteiger partial charge in [-0.15, -0.1) is 0 Å². The molecule has 0 bridgehead atoms. The second-order valence-electron chi connectivity index (χ2n) is 4.24.